The Balaban J connectivity index is 2.12. The number of rotatable bonds is 6. The molecule has 1 aromatic carbocycles. The predicted molar refractivity (Wildman–Crippen MR) is 130 cm³/mol. The third-order valence-electron chi connectivity index (χ3n) is 6.80. The van der Waals surface area contributed by atoms with Crippen LogP contribution in [0.4, 0.5) is 0 Å². The van der Waals surface area contributed by atoms with Gasteiger partial charge in [0.15, 0.2) is 8.32 Å². The summed E-state index contributed by atoms with van der Waals surface area (Å²) in [5.41, 5.74) is 5.21. The monoisotopic (exact) mass is 436 g/mol. The molecule has 0 bridgehead atoms. The number of amides is 1. The Hall–Kier alpha value is -2.24. The first-order valence-corrected chi connectivity index (χ1v) is 14.2. The summed E-state index contributed by atoms with van der Waals surface area (Å²) in [6.07, 6.45) is 3.34. The highest BCUT2D eigenvalue weighted by atomic mass is 28.4. The molecule has 1 amide bonds. The number of carbonyl (C=O) groups excluding carboxylic acids is 1. The van der Waals surface area contributed by atoms with E-state index in [9.17, 15) is 4.79 Å². The lowest BCUT2D eigenvalue weighted by atomic mass is 9.86. The minimum Gasteiger partial charge on any atom is -0.414 e. The van der Waals surface area contributed by atoms with Gasteiger partial charge in [0.2, 0.25) is 0 Å². The van der Waals surface area contributed by atoms with Gasteiger partial charge in [0.1, 0.15) is 5.69 Å². The van der Waals surface area contributed by atoms with Crippen molar-refractivity contribution in [3.63, 3.8) is 0 Å². The summed E-state index contributed by atoms with van der Waals surface area (Å²) >= 11 is 0. The average Bonchev–Trinajstić information content (AvgIpc) is 2.75. The molecule has 1 aliphatic heterocycles. The molecule has 31 heavy (non-hydrogen) atoms. The first-order valence-electron chi connectivity index (χ1n) is 11.3. The highest BCUT2D eigenvalue weighted by molar-refractivity contribution is 6.74. The van der Waals surface area contributed by atoms with Gasteiger partial charge < -0.3 is 9.33 Å². The van der Waals surface area contributed by atoms with Gasteiger partial charge in [-0.15, -0.1) is 0 Å². The Kier molecular flexibility index (Phi) is 6.87. The van der Waals surface area contributed by atoms with Crippen LogP contribution in [0.15, 0.2) is 54.4 Å². The van der Waals surface area contributed by atoms with Crippen LogP contribution in [0.25, 0.3) is 5.57 Å². The molecule has 4 nitrogen and oxygen atoms in total. The molecule has 1 atom stereocenters. The second-order valence-corrected chi connectivity index (χ2v) is 14.5. The van der Waals surface area contributed by atoms with Crippen LogP contribution < -0.4 is 0 Å². The summed E-state index contributed by atoms with van der Waals surface area (Å²) in [6, 6.07) is 13.8. The summed E-state index contributed by atoms with van der Waals surface area (Å²) in [6.45, 7) is 16.1. The van der Waals surface area contributed by atoms with E-state index in [-0.39, 0.29) is 17.0 Å². The zero-order chi connectivity index (χ0) is 22.8. The lowest BCUT2D eigenvalue weighted by molar-refractivity contribution is 0.0666. The Bertz CT molecular complexity index is 961. The molecule has 0 aliphatic carbocycles. The Morgan fingerprint density at radius 3 is 2.32 bits per heavy atom. The molecule has 1 aliphatic rings. The van der Waals surface area contributed by atoms with Gasteiger partial charge in [-0.25, -0.2) is 0 Å². The third-order valence-corrected chi connectivity index (χ3v) is 11.3. The molecule has 0 radical (unpaired) electrons. The smallest absolute Gasteiger partial charge is 0.277 e. The maximum atomic E-state index is 13.8. The molecule has 2 heterocycles. The molecule has 0 N–H and O–H groups in total. The van der Waals surface area contributed by atoms with E-state index in [4.69, 9.17) is 4.43 Å². The van der Waals surface area contributed by atoms with Crippen molar-refractivity contribution in [2.45, 2.75) is 71.6 Å². The fraction of sp³-hybridized carbons (Fsp3) is 0.462. The molecular weight excluding hydrogens is 400 g/mol. The average molecular weight is 437 g/mol. The maximum absolute atomic E-state index is 13.8. The summed E-state index contributed by atoms with van der Waals surface area (Å²) in [7, 11) is -1.98. The van der Waals surface area contributed by atoms with Crippen LogP contribution in [0.1, 0.15) is 75.1 Å². The molecule has 0 fully saturated rings. The van der Waals surface area contributed by atoms with Crippen molar-refractivity contribution in [3.8, 4) is 0 Å². The Morgan fingerprint density at radius 2 is 1.74 bits per heavy atom. The van der Waals surface area contributed by atoms with E-state index >= 15 is 0 Å². The van der Waals surface area contributed by atoms with Crippen molar-refractivity contribution in [3.05, 3.63) is 71.2 Å². The SMILES string of the molecule is CCC1=C(CC)N(C(=O)c2ccccn2)C(CO[Si](C)(C)C(C)(C)C)c2ccccc21. The van der Waals surface area contributed by atoms with Gasteiger partial charge in [-0.3, -0.25) is 9.78 Å². The number of fused-ring (bicyclic) bond motifs is 1. The molecule has 2 aromatic rings. The molecule has 0 spiro atoms. The van der Waals surface area contributed by atoms with Crippen LogP contribution in [0.3, 0.4) is 0 Å². The number of hydrogen-bond donors (Lipinski definition) is 0. The molecular formula is C26H36N2O2Si. The topological polar surface area (TPSA) is 42.4 Å². The number of aromatic nitrogens is 1. The molecule has 166 valence electrons. The predicted octanol–water partition coefficient (Wildman–Crippen LogP) is 6.83. The van der Waals surface area contributed by atoms with Crippen molar-refractivity contribution >= 4 is 19.8 Å². The Morgan fingerprint density at radius 1 is 1.06 bits per heavy atom. The van der Waals surface area contributed by atoms with Crippen LogP contribution >= 0.6 is 0 Å². The minimum absolute atomic E-state index is 0.0539. The van der Waals surface area contributed by atoms with Crippen molar-refractivity contribution < 1.29 is 9.22 Å². The third kappa shape index (κ3) is 4.53. The van der Waals surface area contributed by atoms with E-state index in [1.807, 2.05) is 17.0 Å². The second-order valence-electron chi connectivity index (χ2n) is 9.70. The van der Waals surface area contributed by atoms with Crippen molar-refractivity contribution in [1.29, 1.82) is 0 Å². The molecule has 0 saturated carbocycles. The van der Waals surface area contributed by atoms with E-state index < -0.39 is 8.32 Å². The first-order chi connectivity index (χ1) is 14.6. The standard InChI is InChI=1S/C26H36N2O2Si/c1-8-19-20-14-10-11-15-21(20)24(18-30-31(6,7)26(3,4)5)28(23(19)9-2)25(29)22-16-12-13-17-27-22/h10-17,24H,8-9,18H2,1-7H3. The number of hydrogen-bond acceptors (Lipinski definition) is 3. The van der Waals surface area contributed by atoms with Crippen LogP contribution in [0.5, 0.6) is 0 Å². The van der Waals surface area contributed by atoms with E-state index in [0.717, 1.165) is 18.5 Å². The van der Waals surface area contributed by atoms with E-state index in [2.05, 4.69) is 77.0 Å². The van der Waals surface area contributed by atoms with Gasteiger partial charge in [0.05, 0.1) is 12.6 Å². The molecule has 0 saturated heterocycles. The number of allylic oxidation sites excluding steroid dienone is 2. The molecule has 5 heteroatoms. The van der Waals surface area contributed by atoms with Gasteiger partial charge in [0, 0.05) is 11.9 Å². The number of pyridine rings is 1. The maximum Gasteiger partial charge on any atom is 0.277 e. The lowest BCUT2D eigenvalue weighted by Gasteiger charge is -2.43. The highest BCUT2D eigenvalue weighted by Crippen LogP contribution is 2.44. The van der Waals surface area contributed by atoms with E-state index in [1.54, 1.807) is 12.3 Å². The highest BCUT2D eigenvalue weighted by Gasteiger charge is 2.41. The largest absolute Gasteiger partial charge is 0.414 e. The summed E-state index contributed by atoms with van der Waals surface area (Å²) in [5.74, 6) is -0.0539. The van der Waals surface area contributed by atoms with Gasteiger partial charge in [-0.2, -0.15) is 0 Å². The van der Waals surface area contributed by atoms with Gasteiger partial charge in [0.25, 0.3) is 5.91 Å². The normalized spacial score (nSPS) is 17.0. The lowest BCUT2D eigenvalue weighted by Crippen LogP contribution is -2.45. The van der Waals surface area contributed by atoms with Crippen LogP contribution in [0, 0.1) is 0 Å². The zero-order valence-electron chi connectivity index (χ0n) is 20.0. The van der Waals surface area contributed by atoms with E-state index in [0.29, 0.717) is 12.3 Å². The first kappa shape index (κ1) is 23.4. The van der Waals surface area contributed by atoms with Gasteiger partial charge in [-0.1, -0.05) is 65.0 Å². The minimum atomic E-state index is -1.98. The number of nitrogens with zero attached hydrogens (tertiary/aromatic N) is 2. The summed E-state index contributed by atoms with van der Waals surface area (Å²) < 4.78 is 6.67. The molecule has 1 unspecified atom stereocenters. The summed E-state index contributed by atoms with van der Waals surface area (Å²) in [5, 5.41) is 0.106. The van der Waals surface area contributed by atoms with Gasteiger partial charge in [-0.05, 0) is 59.8 Å². The molecule has 1 aromatic heterocycles. The fourth-order valence-electron chi connectivity index (χ4n) is 4.01. The summed E-state index contributed by atoms with van der Waals surface area (Å²) in [4.78, 5) is 20.1. The van der Waals surface area contributed by atoms with Crippen LogP contribution in [-0.2, 0) is 4.43 Å². The quantitative estimate of drug-likeness (QED) is 0.466. The Labute approximate surface area is 188 Å². The van der Waals surface area contributed by atoms with Gasteiger partial charge >= 0.3 is 0 Å². The number of benzene rings is 1. The second kappa shape index (κ2) is 9.09. The van der Waals surface area contributed by atoms with Crippen LogP contribution in [-0.4, -0.2) is 30.7 Å². The zero-order valence-corrected chi connectivity index (χ0v) is 21.0. The molecule has 3 rings (SSSR count). The van der Waals surface area contributed by atoms with E-state index in [1.165, 1.54) is 16.7 Å². The van der Waals surface area contributed by atoms with Crippen molar-refractivity contribution in [2.75, 3.05) is 6.61 Å². The fourth-order valence-corrected chi connectivity index (χ4v) is 5.02. The number of carbonyl (C=O) groups is 1. The van der Waals surface area contributed by atoms with Crippen molar-refractivity contribution in [1.82, 2.24) is 9.88 Å². The van der Waals surface area contributed by atoms with Crippen LogP contribution in [0.2, 0.25) is 18.1 Å². The van der Waals surface area contributed by atoms with Crippen molar-refractivity contribution in [2.24, 2.45) is 0 Å².